The second kappa shape index (κ2) is 9.56. The summed E-state index contributed by atoms with van der Waals surface area (Å²) < 4.78 is 0. The van der Waals surface area contributed by atoms with E-state index in [0.717, 1.165) is 49.8 Å². The number of nitrogens with one attached hydrogen (secondary N) is 1. The molecule has 7 heteroatoms. The largest absolute Gasteiger partial charge is 0.326 e. The molecule has 1 saturated heterocycles. The molecular formula is C22H33ClN4O2. The molecule has 1 aromatic carbocycles. The Morgan fingerprint density at radius 2 is 1.97 bits per heavy atom. The number of hydrogen-bond donors (Lipinski definition) is 3. The summed E-state index contributed by atoms with van der Waals surface area (Å²) in [6, 6.07) is 4.74. The molecule has 1 aromatic rings. The van der Waals surface area contributed by atoms with E-state index < -0.39 is 11.6 Å². The van der Waals surface area contributed by atoms with Crippen LogP contribution in [0.5, 0.6) is 0 Å². The van der Waals surface area contributed by atoms with Gasteiger partial charge in [-0.1, -0.05) is 36.9 Å². The summed E-state index contributed by atoms with van der Waals surface area (Å²) in [5, 5.41) is 3.83. The predicted molar refractivity (Wildman–Crippen MR) is 115 cm³/mol. The lowest BCUT2D eigenvalue weighted by Gasteiger charge is -2.35. The van der Waals surface area contributed by atoms with Gasteiger partial charge in [-0.25, -0.2) is 0 Å². The summed E-state index contributed by atoms with van der Waals surface area (Å²) in [6.07, 6.45) is 6.85. The number of benzene rings is 1. The Balaban J connectivity index is 1.90. The van der Waals surface area contributed by atoms with Crippen LogP contribution in [-0.4, -0.2) is 34.8 Å². The lowest BCUT2D eigenvalue weighted by atomic mass is 9.83. The zero-order chi connectivity index (χ0) is 21.0. The van der Waals surface area contributed by atoms with Gasteiger partial charge in [0.1, 0.15) is 0 Å². The average molecular weight is 421 g/mol. The molecule has 1 aliphatic carbocycles. The minimum Gasteiger partial charge on any atom is -0.326 e. The second-order valence-electron chi connectivity index (χ2n) is 8.63. The van der Waals surface area contributed by atoms with Crippen molar-refractivity contribution in [2.24, 2.45) is 17.4 Å². The maximum absolute atomic E-state index is 13.5. The van der Waals surface area contributed by atoms with Gasteiger partial charge in [0.15, 0.2) is 0 Å². The molecule has 6 nitrogen and oxygen atoms in total. The Morgan fingerprint density at radius 1 is 1.24 bits per heavy atom. The lowest BCUT2D eigenvalue weighted by molar-refractivity contribution is -0.151. The van der Waals surface area contributed by atoms with E-state index in [1.54, 1.807) is 12.1 Å². The first kappa shape index (κ1) is 22.2. The van der Waals surface area contributed by atoms with E-state index in [4.69, 9.17) is 23.1 Å². The molecule has 29 heavy (non-hydrogen) atoms. The number of amides is 2. The van der Waals surface area contributed by atoms with Gasteiger partial charge in [-0.2, -0.15) is 0 Å². The van der Waals surface area contributed by atoms with Gasteiger partial charge in [0, 0.05) is 11.6 Å². The van der Waals surface area contributed by atoms with Crippen molar-refractivity contribution in [3.05, 3.63) is 34.3 Å². The van der Waals surface area contributed by atoms with Crippen LogP contribution < -0.4 is 16.8 Å². The first-order valence-electron chi connectivity index (χ1n) is 10.7. The van der Waals surface area contributed by atoms with Crippen molar-refractivity contribution in [3.63, 3.8) is 0 Å². The molecule has 160 valence electrons. The SMILES string of the molecule is C[C@@]1(C(=O)N(Cc2cc(Cl)ccc2CN)C(=O)[C@H](N)C2CCCCC2)CCCN1. The molecule has 1 aliphatic heterocycles. The van der Waals surface area contributed by atoms with Crippen LogP contribution in [0.25, 0.3) is 0 Å². The highest BCUT2D eigenvalue weighted by Gasteiger charge is 2.43. The molecule has 0 radical (unpaired) electrons. The highest BCUT2D eigenvalue weighted by molar-refractivity contribution is 6.30. The van der Waals surface area contributed by atoms with Crippen LogP contribution in [0, 0.1) is 5.92 Å². The monoisotopic (exact) mass is 420 g/mol. The topological polar surface area (TPSA) is 101 Å². The molecule has 2 amide bonds. The van der Waals surface area contributed by atoms with Crippen molar-refractivity contribution in [1.82, 2.24) is 10.2 Å². The van der Waals surface area contributed by atoms with Gasteiger partial charge >= 0.3 is 0 Å². The molecular weight excluding hydrogens is 388 g/mol. The van der Waals surface area contributed by atoms with Crippen LogP contribution in [-0.2, 0) is 22.7 Å². The minimum absolute atomic E-state index is 0.129. The van der Waals surface area contributed by atoms with Gasteiger partial charge in [0.25, 0.3) is 0 Å². The maximum atomic E-state index is 13.5. The zero-order valence-electron chi connectivity index (χ0n) is 17.3. The summed E-state index contributed by atoms with van der Waals surface area (Å²) in [7, 11) is 0. The highest BCUT2D eigenvalue weighted by atomic mass is 35.5. The number of imide groups is 1. The van der Waals surface area contributed by atoms with Crippen molar-refractivity contribution < 1.29 is 9.59 Å². The van der Waals surface area contributed by atoms with E-state index >= 15 is 0 Å². The van der Waals surface area contributed by atoms with Gasteiger partial charge in [-0.3, -0.25) is 14.5 Å². The summed E-state index contributed by atoms with van der Waals surface area (Å²) >= 11 is 6.19. The van der Waals surface area contributed by atoms with E-state index in [2.05, 4.69) is 5.32 Å². The van der Waals surface area contributed by atoms with Crippen LogP contribution >= 0.6 is 11.6 Å². The first-order valence-corrected chi connectivity index (χ1v) is 11.1. The highest BCUT2D eigenvalue weighted by Crippen LogP contribution is 2.29. The van der Waals surface area contributed by atoms with E-state index in [1.165, 1.54) is 11.3 Å². The van der Waals surface area contributed by atoms with Gasteiger partial charge in [-0.15, -0.1) is 0 Å². The third kappa shape index (κ3) is 5.00. The number of carbonyl (C=O) groups excluding carboxylic acids is 2. The summed E-state index contributed by atoms with van der Waals surface area (Å²) in [5.74, 6) is -0.377. The number of nitrogens with two attached hydrogens (primary N) is 2. The quantitative estimate of drug-likeness (QED) is 0.656. The Kier molecular flexibility index (Phi) is 7.32. The Hall–Kier alpha value is -1.47. The van der Waals surface area contributed by atoms with Crippen LogP contribution in [0.15, 0.2) is 18.2 Å². The van der Waals surface area contributed by atoms with Gasteiger partial charge in [0.2, 0.25) is 11.8 Å². The van der Waals surface area contributed by atoms with Crippen LogP contribution in [0.1, 0.15) is 63.0 Å². The fourth-order valence-electron chi connectivity index (χ4n) is 4.61. The van der Waals surface area contributed by atoms with Crippen molar-refractivity contribution in [1.29, 1.82) is 0 Å². The van der Waals surface area contributed by atoms with Crippen molar-refractivity contribution in [2.75, 3.05) is 6.54 Å². The number of rotatable bonds is 6. The normalized spacial score (nSPS) is 23.7. The molecule has 2 fully saturated rings. The first-order chi connectivity index (χ1) is 13.9. The summed E-state index contributed by atoms with van der Waals surface area (Å²) in [4.78, 5) is 28.3. The molecule has 2 aliphatic rings. The smallest absolute Gasteiger partial charge is 0.249 e. The molecule has 0 unspecified atom stereocenters. The minimum atomic E-state index is -0.747. The lowest BCUT2D eigenvalue weighted by Crippen LogP contribution is -2.58. The summed E-state index contributed by atoms with van der Waals surface area (Å²) in [5.41, 5.74) is 13.2. The molecule has 1 heterocycles. The molecule has 0 bridgehead atoms. The zero-order valence-corrected chi connectivity index (χ0v) is 18.0. The Labute approximate surface area is 178 Å². The van der Waals surface area contributed by atoms with E-state index in [1.807, 2.05) is 13.0 Å². The van der Waals surface area contributed by atoms with Crippen LogP contribution in [0.3, 0.4) is 0 Å². The van der Waals surface area contributed by atoms with Crippen molar-refractivity contribution in [3.8, 4) is 0 Å². The average Bonchev–Trinajstić information content (AvgIpc) is 3.19. The Bertz CT molecular complexity index is 742. The fourth-order valence-corrected chi connectivity index (χ4v) is 4.81. The number of nitrogens with zero attached hydrogens (tertiary/aromatic N) is 1. The van der Waals surface area contributed by atoms with Crippen LogP contribution in [0.4, 0.5) is 0 Å². The van der Waals surface area contributed by atoms with Gasteiger partial charge in [-0.05, 0) is 68.3 Å². The third-order valence-electron chi connectivity index (χ3n) is 6.51. The number of halogens is 1. The van der Waals surface area contributed by atoms with E-state index in [0.29, 0.717) is 18.0 Å². The van der Waals surface area contributed by atoms with Gasteiger partial charge in [0.05, 0.1) is 18.1 Å². The van der Waals surface area contributed by atoms with E-state index in [9.17, 15) is 9.59 Å². The van der Waals surface area contributed by atoms with Crippen LogP contribution in [0.2, 0.25) is 5.02 Å². The molecule has 0 aromatic heterocycles. The second-order valence-corrected chi connectivity index (χ2v) is 9.07. The predicted octanol–water partition coefficient (Wildman–Crippen LogP) is 2.70. The Morgan fingerprint density at radius 3 is 2.59 bits per heavy atom. The van der Waals surface area contributed by atoms with Crippen molar-refractivity contribution >= 4 is 23.4 Å². The molecule has 0 spiro atoms. The molecule has 1 saturated carbocycles. The maximum Gasteiger partial charge on any atom is 0.249 e. The number of hydrogen-bond acceptors (Lipinski definition) is 5. The third-order valence-corrected chi connectivity index (χ3v) is 6.75. The van der Waals surface area contributed by atoms with Crippen molar-refractivity contribution in [2.45, 2.75) is 76.5 Å². The van der Waals surface area contributed by atoms with E-state index in [-0.39, 0.29) is 24.3 Å². The van der Waals surface area contributed by atoms with Gasteiger partial charge < -0.3 is 16.8 Å². The standard InChI is InChI=1S/C22H33ClN4O2/c1-22(10-5-11-26-22)21(29)27(14-17-12-18(23)9-8-16(17)13-24)20(28)19(25)15-6-3-2-4-7-15/h8-9,12,15,19,26H,2-7,10-11,13-14,24-25H2,1H3/t19-,22+/m1/s1. The number of carbonyl (C=O) groups is 2. The summed E-state index contributed by atoms with van der Waals surface area (Å²) in [6.45, 7) is 3.09. The fraction of sp³-hybridized carbons (Fsp3) is 0.636. The molecule has 3 rings (SSSR count). The molecule has 5 N–H and O–H groups in total. The molecule has 2 atom stereocenters.